The number of rotatable bonds is 0. The zero-order valence-corrected chi connectivity index (χ0v) is 9.54. The van der Waals surface area contributed by atoms with E-state index in [0.29, 0.717) is 18.3 Å². The average molecular weight is 265 g/mol. The third-order valence-corrected chi connectivity index (χ3v) is 3.15. The number of nitrogen functional groups attached to an aromatic ring is 1. The minimum Gasteiger partial charge on any atom is -0.477 e. The van der Waals surface area contributed by atoms with Gasteiger partial charge in [-0.15, -0.1) is 0 Å². The van der Waals surface area contributed by atoms with Crippen molar-refractivity contribution in [1.82, 2.24) is 4.98 Å². The summed E-state index contributed by atoms with van der Waals surface area (Å²) in [5.41, 5.74) is 7.06. The highest BCUT2D eigenvalue weighted by atomic mass is 79.9. The van der Waals surface area contributed by atoms with E-state index in [2.05, 4.69) is 27.0 Å². The maximum atomic E-state index is 5.89. The van der Waals surface area contributed by atoms with Crippen molar-refractivity contribution in [3.63, 3.8) is 0 Å². The van der Waals surface area contributed by atoms with Gasteiger partial charge in [-0.2, -0.15) is 4.98 Å². The Bertz CT molecular complexity index is 554. The second-order valence-corrected chi connectivity index (χ2v) is 4.48. The third kappa shape index (κ3) is 1.28. The SMILES string of the molecule is Nc1nc2c(c3ccc(Br)cc13)CCO2. The predicted molar refractivity (Wildman–Crippen MR) is 63.1 cm³/mol. The van der Waals surface area contributed by atoms with Crippen LogP contribution in [-0.2, 0) is 6.42 Å². The molecule has 0 bridgehead atoms. The number of pyridine rings is 1. The van der Waals surface area contributed by atoms with Crippen LogP contribution in [-0.4, -0.2) is 11.6 Å². The molecule has 1 aliphatic rings. The number of ether oxygens (including phenoxy) is 1. The predicted octanol–water partition coefficient (Wildman–Crippen LogP) is 2.51. The molecule has 0 amide bonds. The smallest absolute Gasteiger partial charge is 0.219 e. The van der Waals surface area contributed by atoms with Crippen molar-refractivity contribution < 1.29 is 4.74 Å². The summed E-state index contributed by atoms with van der Waals surface area (Å²) in [7, 11) is 0. The molecule has 2 heterocycles. The molecular weight excluding hydrogens is 256 g/mol. The van der Waals surface area contributed by atoms with Crippen LogP contribution in [0.15, 0.2) is 22.7 Å². The summed E-state index contributed by atoms with van der Waals surface area (Å²) in [5.74, 6) is 1.23. The summed E-state index contributed by atoms with van der Waals surface area (Å²) >= 11 is 3.43. The lowest BCUT2D eigenvalue weighted by Gasteiger charge is -2.06. The number of benzene rings is 1. The van der Waals surface area contributed by atoms with Gasteiger partial charge in [-0.05, 0) is 17.5 Å². The molecule has 0 spiro atoms. The highest BCUT2D eigenvalue weighted by Crippen LogP contribution is 2.34. The highest BCUT2D eigenvalue weighted by molar-refractivity contribution is 9.10. The number of fused-ring (bicyclic) bond motifs is 3. The number of hydrogen-bond donors (Lipinski definition) is 1. The first-order valence-electron chi connectivity index (χ1n) is 4.76. The van der Waals surface area contributed by atoms with Crippen LogP contribution >= 0.6 is 15.9 Å². The van der Waals surface area contributed by atoms with E-state index in [1.54, 1.807) is 0 Å². The largest absolute Gasteiger partial charge is 0.477 e. The van der Waals surface area contributed by atoms with Crippen molar-refractivity contribution in [2.45, 2.75) is 6.42 Å². The number of halogens is 1. The lowest BCUT2D eigenvalue weighted by Crippen LogP contribution is -1.95. The van der Waals surface area contributed by atoms with Gasteiger partial charge >= 0.3 is 0 Å². The quantitative estimate of drug-likeness (QED) is 0.796. The molecule has 0 saturated heterocycles. The zero-order valence-electron chi connectivity index (χ0n) is 7.96. The number of hydrogen-bond acceptors (Lipinski definition) is 3. The fraction of sp³-hybridized carbons (Fsp3) is 0.182. The first-order chi connectivity index (χ1) is 7.25. The normalized spacial score (nSPS) is 13.9. The van der Waals surface area contributed by atoms with Crippen molar-refractivity contribution in [2.75, 3.05) is 12.3 Å². The van der Waals surface area contributed by atoms with Crippen molar-refractivity contribution in [1.29, 1.82) is 0 Å². The van der Waals surface area contributed by atoms with Gasteiger partial charge in [0.15, 0.2) is 0 Å². The monoisotopic (exact) mass is 264 g/mol. The fourth-order valence-electron chi connectivity index (χ4n) is 1.95. The van der Waals surface area contributed by atoms with Gasteiger partial charge in [0.05, 0.1) is 6.61 Å². The van der Waals surface area contributed by atoms with Crippen LogP contribution in [0.4, 0.5) is 5.82 Å². The Labute approximate surface area is 95.4 Å². The number of nitrogens with zero attached hydrogens (tertiary/aromatic N) is 1. The average Bonchev–Trinajstić information content (AvgIpc) is 2.66. The minimum atomic E-state index is 0.534. The van der Waals surface area contributed by atoms with Crippen molar-refractivity contribution in [3.05, 3.63) is 28.2 Å². The van der Waals surface area contributed by atoms with E-state index in [1.807, 2.05) is 12.1 Å². The zero-order chi connectivity index (χ0) is 10.4. The molecule has 3 rings (SSSR count). The molecule has 4 heteroatoms. The van der Waals surface area contributed by atoms with Crippen LogP contribution in [0.2, 0.25) is 0 Å². The number of aromatic nitrogens is 1. The highest BCUT2D eigenvalue weighted by Gasteiger charge is 2.18. The molecule has 0 radical (unpaired) electrons. The van der Waals surface area contributed by atoms with Crippen molar-refractivity contribution in [3.8, 4) is 5.88 Å². The Morgan fingerprint density at radius 1 is 1.33 bits per heavy atom. The summed E-state index contributed by atoms with van der Waals surface area (Å²) in [4.78, 5) is 4.26. The van der Waals surface area contributed by atoms with Crippen LogP contribution in [0.25, 0.3) is 10.8 Å². The molecule has 2 N–H and O–H groups in total. The molecule has 1 aromatic heterocycles. The van der Waals surface area contributed by atoms with E-state index in [1.165, 1.54) is 5.56 Å². The second kappa shape index (κ2) is 3.10. The Balaban J connectivity index is 2.44. The summed E-state index contributed by atoms with van der Waals surface area (Å²) < 4.78 is 6.43. The molecule has 0 aliphatic carbocycles. The van der Waals surface area contributed by atoms with Crippen LogP contribution < -0.4 is 10.5 Å². The molecule has 0 atom stereocenters. The maximum absolute atomic E-state index is 5.89. The van der Waals surface area contributed by atoms with E-state index in [-0.39, 0.29) is 0 Å². The lowest BCUT2D eigenvalue weighted by atomic mass is 10.1. The van der Waals surface area contributed by atoms with Gasteiger partial charge in [-0.3, -0.25) is 0 Å². The second-order valence-electron chi connectivity index (χ2n) is 3.57. The fourth-order valence-corrected chi connectivity index (χ4v) is 2.32. The molecule has 3 nitrogen and oxygen atoms in total. The van der Waals surface area contributed by atoms with E-state index in [0.717, 1.165) is 21.7 Å². The molecular formula is C11H9BrN2O. The Morgan fingerprint density at radius 3 is 3.07 bits per heavy atom. The van der Waals surface area contributed by atoms with E-state index in [4.69, 9.17) is 10.5 Å². The van der Waals surface area contributed by atoms with Gasteiger partial charge in [-0.25, -0.2) is 0 Å². The Morgan fingerprint density at radius 2 is 2.20 bits per heavy atom. The standard InChI is InChI=1S/C11H9BrN2O/c12-6-1-2-7-8-3-4-15-11(8)14-10(13)9(7)5-6/h1-2,5H,3-4H2,(H2,13,14). The third-order valence-electron chi connectivity index (χ3n) is 2.65. The number of anilines is 1. The van der Waals surface area contributed by atoms with Gasteiger partial charge < -0.3 is 10.5 Å². The van der Waals surface area contributed by atoms with Crippen LogP contribution in [0, 0.1) is 0 Å². The van der Waals surface area contributed by atoms with Gasteiger partial charge in [0.2, 0.25) is 5.88 Å². The summed E-state index contributed by atoms with van der Waals surface area (Å²) in [6.45, 7) is 0.705. The number of nitrogens with two attached hydrogens (primary N) is 1. The molecule has 0 unspecified atom stereocenters. The molecule has 1 aromatic carbocycles. The molecule has 1 aliphatic heterocycles. The van der Waals surface area contributed by atoms with E-state index < -0.39 is 0 Å². The topological polar surface area (TPSA) is 48.1 Å². The Kier molecular flexibility index (Phi) is 1.85. The molecule has 76 valence electrons. The summed E-state index contributed by atoms with van der Waals surface area (Å²) in [5, 5.41) is 2.15. The van der Waals surface area contributed by atoms with E-state index >= 15 is 0 Å². The minimum absolute atomic E-state index is 0.534. The van der Waals surface area contributed by atoms with Gasteiger partial charge in [0.1, 0.15) is 5.82 Å². The van der Waals surface area contributed by atoms with E-state index in [9.17, 15) is 0 Å². The van der Waals surface area contributed by atoms with Gasteiger partial charge in [-0.1, -0.05) is 22.0 Å². The summed E-state index contributed by atoms with van der Waals surface area (Å²) in [6.07, 6.45) is 0.917. The molecule has 0 saturated carbocycles. The molecule has 0 fully saturated rings. The van der Waals surface area contributed by atoms with Crippen LogP contribution in [0.5, 0.6) is 5.88 Å². The van der Waals surface area contributed by atoms with Crippen molar-refractivity contribution in [2.24, 2.45) is 0 Å². The maximum Gasteiger partial charge on any atom is 0.219 e. The Hall–Kier alpha value is -1.29. The lowest BCUT2D eigenvalue weighted by molar-refractivity contribution is 0.345. The summed E-state index contributed by atoms with van der Waals surface area (Å²) in [6, 6.07) is 6.07. The van der Waals surface area contributed by atoms with Gasteiger partial charge in [0.25, 0.3) is 0 Å². The van der Waals surface area contributed by atoms with Crippen molar-refractivity contribution >= 4 is 32.5 Å². The first kappa shape index (κ1) is 8.97. The van der Waals surface area contributed by atoms with Crippen LogP contribution in [0.3, 0.4) is 0 Å². The molecule has 2 aromatic rings. The van der Waals surface area contributed by atoms with Crippen LogP contribution in [0.1, 0.15) is 5.56 Å². The van der Waals surface area contributed by atoms with Gasteiger partial charge in [0, 0.05) is 21.8 Å². The molecule has 15 heavy (non-hydrogen) atoms. The first-order valence-corrected chi connectivity index (χ1v) is 5.55.